The van der Waals surface area contributed by atoms with Gasteiger partial charge < -0.3 is 9.84 Å². The van der Waals surface area contributed by atoms with Crippen molar-refractivity contribution >= 4 is 11.6 Å². The third-order valence-corrected chi connectivity index (χ3v) is 8.80. The number of hydrogen-bond acceptors (Lipinski definition) is 4. The minimum absolute atomic E-state index is 0.117. The van der Waals surface area contributed by atoms with E-state index in [1.54, 1.807) is 6.92 Å². The number of rotatable bonds is 1. The Labute approximate surface area is 149 Å². The summed E-state index contributed by atoms with van der Waals surface area (Å²) in [5, 5.41) is 11.2. The molecule has 5 aliphatic rings. The van der Waals surface area contributed by atoms with E-state index in [-0.39, 0.29) is 34.2 Å². The van der Waals surface area contributed by atoms with Crippen LogP contribution in [-0.4, -0.2) is 34.5 Å². The molecule has 3 saturated carbocycles. The fraction of sp³-hybridized carbons (Fsp3) is 0.810. The number of ether oxygens (including phenoxy) is 1. The summed E-state index contributed by atoms with van der Waals surface area (Å²) >= 11 is 0. The van der Waals surface area contributed by atoms with Crippen LogP contribution in [0.2, 0.25) is 0 Å². The highest BCUT2D eigenvalue weighted by molar-refractivity contribution is 5.95. The molecule has 0 unspecified atom stereocenters. The van der Waals surface area contributed by atoms with Gasteiger partial charge in [-0.1, -0.05) is 19.9 Å². The topological polar surface area (TPSA) is 66.9 Å². The molecule has 1 saturated heterocycles. The quantitative estimate of drug-likeness (QED) is 0.743. The molecule has 4 nitrogen and oxygen atoms in total. The van der Waals surface area contributed by atoms with Crippen LogP contribution in [0, 0.1) is 28.6 Å². The Morgan fingerprint density at radius 1 is 1.36 bits per heavy atom. The molecule has 0 bridgehead atoms. The molecule has 136 valence electrons. The van der Waals surface area contributed by atoms with Crippen molar-refractivity contribution in [2.24, 2.45) is 28.6 Å². The molecule has 0 aromatic rings. The van der Waals surface area contributed by atoms with Crippen molar-refractivity contribution in [2.45, 2.75) is 77.1 Å². The normalized spacial score (nSPS) is 56.2. The standard InChI is InChI=1S/C21H28O4/c1-11(22)14-4-5-15-13-8-17-21(25-17)9-12(23)6-7-20(21,3)18(13)16(24)10-19(14,15)2/h4,13,15-18,24H,5-10H2,1-3H3/t13-,15-,16+,17+,18+,19+,20+,21+/m0/s1. The highest BCUT2D eigenvalue weighted by Gasteiger charge is 2.77. The number of ketones is 2. The number of hydrogen-bond donors (Lipinski definition) is 1. The lowest BCUT2D eigenvalue weighted by molar-refractivity contribution is -0.156. The van der Waals surface area contributed by atoms with Crippen molar-refractivity contribution in [3.63, 3.8) is 0 Å². The first-order valence-corrected chi connectivity index (χ1v) is 9.82. The fourth-order valence-corrected chi connectivity index (χ4v) is 7.70. The van der Waals surface area contributed by atoms with Gasteiger partial charge in [0, 0.05) is 23.7 Å². The number of fused-ring (bicyclic) bond motifs is 4. The van der Waals surface area contributed by atoms with Gasteiger partial charge in [0.05, 0.1) is 12.2 Å². The number of allylic oxidation sites excluding steroid dienone is 2. The number of carbonyl (C=O) groups is 2. The van der Waals surface area contributed by atoms with E-state index in [2.05, 4.69) is 19.9 Å². The molecule has 4 heteroatoms. The first kappa shape index (κ1) is 16.2. The second-order valence-corrected chi connectivity index (χ2v) is 9.76. The molecule has 1 aliphatic heterocycles. The lowest BCUT2D eigenvalue weighted by Crippen LogP contribution is -2.62. The molecule has 1 spiro atoms. The van der Waals surface area contributed by atoms with Crippen LogP contribution in [0.3, 0.4) is 0 Å². The van der Waals surface area contributed by atoms with Gasteiger partial charge in [0.15, 0.2) is 5.78 Å². The van der Waals surface area contributed by atoms with Gasteiger partial charge in [-0.15, -0.1) is 0 Å². The zero-order valence-corrected chi connectivity index (χ0v) is 15.4. The van der Waals surface area contributed by atoms with Crippen LogP contribution in [0.15, 0.2) is 11.6 Å². The summed E-state index contributed by atoms with van der Waals surface area (Å²) < 4.78 is 6.22. The van der Waals surface area contributed by atoms with Gasteiger partial charge in [-0.25, -0.2) is 0 Å². The van der Waals surface area contributed by atoms with E-state index in [1.165, 1.54) is 0 Å². The second-order valence-electron chi connectivity index (χ2n) is 9.76. The van der Waals surface area contributed by atoms with Gasteiger partial charge in [-0.2, -0.15) is 0 Å². The Morgan fingerprint density at radius 3 is 2.84 bits per heavy atom. The van der Waals surface area contributed by atoms with Crippen molar-refractivity contribution < 1.29 is 19.4 Å². The van der Waals surface area contributed by atoms with Crippen LogP contribution in [0.25, 0.3) is 0 Å². The molecule has 0 aromatic heterocycles. The molecule has 0 amide bonds. The first-order valence-electron chi connectivity index (χ1n) is 9.82. The molecular weight excluding hydrogens is 316 g/mol. The Kier molecular flexibility index (Phi) is 3.00. The molecule has 4 aliphatic carbocycles. The Balaban J connectivity index is 1.55. The van der Waals surface area contributed by atoms with Crippen molar-refractivity contribution in [1.29, 1.82) is 0 Å². The smallest absolute Gasteiger partial charge is 0.156 e. The van der Waals surface area contributed by atoms with Crippen LogP contribution >= 0.6 is 0 Å². The zero-order valence-electron chi connectivity index (χ0n) is 15.4. The third kappa shape index (κ3) is 1.76. The maximum atomic E-state index is 12.2. The van der Waals surface area contributed by atoms with Crippen LogP contribution in [-0.2, 0) is 14.3 Å². The molecule has 1 heterocycles. The lowest BCUT2D eigenvalue weighted by atomic mass is 9.44. The van der Waals surface area contributed by atoms with Gasteiger partial charge in [-0.05, 0) is 55.9 Å². The average molecular weight is 344 g/mol. The van der Waals surface area contributed by atoms with Gasteiger partial charge in [0.25, 0.3) is 0 Å². The van der Waals surface area contributed by atoms with Gasteiger partial charge in [-0.3, -0.25) is 9.59 Å². The highest BCUT2D eigenvalue weighted by Crippen LogP contribution is 2.73. The summed E-state index contributed by atoms with van der Waals surface area (Å²) in [4.78, 5) is 24.3. The van der Waals surface area contributed by atoms with E-state index in [4.69, 9.17) is 4.74 Å². The number of Topliss-reactive ketones (excluding diaryl/α,β-unsaturated/α-hetero) is 2. The molecule has 5 rings (SSSR count). The number of carbonyl (C=O) groups excluding carboxylic acids is 2. The summed E-state index contributed by atoms with van der Waals surface area (Å²) in [6, 6.07) is 0. The van der Waals surface area contributed by atoms with E-state index in [9.17, 15) is 14.7 Å². The molecule has 0 aromatic carbocycles. The molecule has 25 heavy (non-hydrogen) atoms. The lowest BCUT2D eigenvalue weighted by Gasteiger charge is -2.59. The number of epoxide rings is 1. The van der Waals surface area contributed by atoms with Crippen LogP contribution in [0.4, 0.5) is 0 Å². The minimum atomic E-state index is -0.424. The molecule has 1 N–H and O–H groups in total. The molecule has 0 radical (unpaired) electrons. The minimum Gasteiger partial charge on any atom is -0.393 e. The predicted octanol–water partition coefficient (Wildman–Crippen LogP) is 2.83. The zero-order chi connectivity index (χ0) is 17.8. The molecular formula is C21H28O4. The van der Waals surface area contributed by atoms with Gasteiger partial charge in [0.1, 0.15) is 11.4 Å². The summed E-state index contributed by atoms with van der Waals surface area (Å²) in [5.41, 5.74) is 0.289. The van der Waals surface area contributed by atoms with Crippen molar-refractivity contribution in [3.8, 4) is 0 Å². The van der Waals surface area contributed by atoms with Crippen molar-refractivity contribution in [1.82, 2.24) is 0 Å². The van der Waals surface area contributed by atoms with E-state index >= 15 is 0 Å². The summed E-state index contributed by atoms with van der Waals surface area (Å²) in [5.74, 6) is 1.43. The maximum Gasteiger partial charge on any atom is 0.156 e. The number of aliphatic hydroxyl groups is 1. The summed E-state index contributed by atoms with van der Waals surface area (Å²) in [6.07, 6.45) is 6.38. The summed E-state index contributed by atoms with van der Waals surface area (Å²) in [7, 11) is 0. The van der Waals surface area contributed by atoms with Gasteiger partial charge in [0.2, 0.25) is 0 Å². The third-order valence-electron chi connectivity index (χ3n) is 8.80. The average Bonchev–Trinajstić information content (AvgIpc) is 3.09. The van der Waals surface area contributed by atoms with Crippen molar-refractivity contribution in [3.05, 3.63) is 11.6 Å². The predicted molar refractivity (Wildman–Crippen MR) is 91.8 cm³/mol. The van der Waals surface area contributed by atoms with Crippen LogP contribution < -0.4 is 0 Å². The Bertz CT molecular complexity index is 711. The maximum absolute atomic E-state index is 12.2. The summed E-state index contributed by atoms with van der Waals surface area (Å²) in [6.45, 7) is 6.10. The van der Waals surface area contributed by atoms with E-state index < -0.39 is 6.10 Å². The SMILES string of the molecule is CC(=O)C1=CC[C@H]2[C@@H]3C[C@H]4O[C@]45CC(=O)CC[C@]5(C)[C@H]3[C@H](O)C[C@]12C. The molecule has 4 fully saturated rings. The number of aliphatic hydroxyl groups excluding tert-OH is 1. The largest absolute Gasteiger partial charge is 0.393 e. The first-order chi connectivity index (χ1) is 11.7. The van der Waals surface area contributed by atoms with Crippen LogP contribution in [0.5, 0.6) is 0 Å². The van der Waals surface area contributed by atoms with Crippen LogP contribution in [0.1, 0.15) is 59.3 Å². The van der Waals surface area contributed by atoms with E-state index in [1.807, 2.05) is 0 Å². The van der Waals surface area contributed by atoms with E-state index in [0.29, 0.717) is 36.9 Å². The Hall–Kier alpha value is -1.00. The Morgan fingerprint density at radius 2 is 2.12 bits per heavy atom. The highest BCUT2D eigenvalue weighted by atomic mass is 16.6. The van der Waals surface area contributed by atoms with Crippen molar-refractivity contribution in [2.75, 3.05) is 0 Å². The monoisotopic (exact) mass is 344 g/mol. The fourth-order valence-electron chi connectivity index (χ4n) is 7.70. The van der Waals surface area contributed by atoms with E-state index in [0.717, 1.165) is 24.8 Å². The molecule has 8 atom stereocenters. The van der Waals surface area contributed by atoms with Gasteiger partial charge >= 0.3 is 0 Å². The second kappa shape index (κ2) is 4.64.